The first-order valence-corrected chi connectivity index (χ1v) is 7.50. The van der Waals surface area contributed by atoms with E-state index in [0.29, 0.717) is 12.1 Å². The largest absolute Gasteiger partial charge is 0.352 e. The molecule has 1 aromatic heterocycles. The fourth-order valence-corrected chi connectivity index (χ4v) is 2.59. The van der Waals surface area contributed by atoms with Crippen LogP contribution in [-0.4, -0.2) is 23.5 Å². The van der Waals surface area contributed by atoms with Gasteiger partial charge in [0.2, 0.25) is 0 Å². The van der Waals surface area contributed by atoms with Gasteiger partial charge >= 0.3 is 0 Å². The number of nitrogens with two attached hydrogens (primary N) is 1. The van der Waals surface area contributed by atoms with Gasteiger partial charge in [0, 0.05) is 34.8 Å². The number of halogens is 2. The van der Waals surface area contributed by atoms with Crippen molar-refractivity contribution in [1.29, 1.82) is 0 Å². The topological polar surface area (TPSA) is 68.0 Å². The molecule has 2 aromatic rings. The van der Waals surface area contributed by atoms with Crippen LogP contribution in [0.2, 0.25) is 0 Å². The van der Waals surface area contributed by atoms with Crippen LogP contribution in [0.25, 0.3) is 10.6 Å². The summed E-state index contributed by atoms with van der Waals surface area (Å²) in [6.07, 6.45) is 0.775. The van der Waals surface area contributed by atoms with E-state index in [-0.39, 0.29) is 36.8 Å². The Hall–Kier alpha value is -1.14. The van der Waals surface area contributed by atoms with E-state index in [0.717, 1.165) is 22.7 Å². The lowest BCUT2D eigenvalue weighted by molar-refractivity contribution is 0.0953. The fraction of sp³-hybridized carbons (Fsp3) is 0.333. The van der Waals surface area contributed by atoms with Crippen LogP contribution in [0, 0.1) is 6.92 Å². The zero-order chi connectivity index (χ0) is 14.5. The monoisotopic (exact) mass is 361 g/mol. The highest BCUT2D eigenvalue weighted by Crippen LogP contribution is 2.24. The smallest absolute Gasteiger partial charge is 0.251 e. The maximum atomic E-state index is 12.0. The normalized spacial score (nSPS) is 11.0. The van der Waals surface area contributed by atoms with E-state index in [1.54, 1.807) is 11.3 Å². The van der Waals surface area contributed by atoms with Crippen LogP contribution in [0.4, 0.5) is 0 Å². The molecule has 0 saturated heterocycles. The van der Waals surface area contributed by atoms with E-state index in [1.165, 1.54) is 0 Å². The number of benzene rings is 1. The summed E-state index contributed by atoms with van der Waals surface area (Å²) < 4.78 is 0. The zero-order valence-electron chi connectivity index (χ0n) is 12.5. The molecule has 0 radical (unpaired) electrons. The molecule has 2 rings (SSSR count). The highest BCUT2D eigenvalue weighted by atomic mass is 35.5. The van der Waals surface area contributed by atoms with Crippen LogP contribution in [0.5, 0.6) is 0 Å². The maximum absolute atomic E-state index is 12.0. The number of carbonyl (C=O) groups excluding carboxylic acids is 1. The van der Waals surface area contributed by atoms with Crippen LogP contribution < -0.4 is 11.1 Å². The maximum Gasteiger partial charge on any atom is 0.251 e. The second-order valence-corrected chi connectivity index (χ2v) is 5.75. The lowest BCUT2D eigenvalue weighted by Gasteiger charge is -2.08. The van der Waals surface area contributed by atoms with Crippen LogP contribution >= 0.6 is 36.2 Å². The molecule has 22 heavy (non-hydrogen) atoms. The Labute approximate surface area is 147 Å². The van der Waals surface area contributed by atoms with Gasteiger partial charge in [0.15, 0.2) is 0 Å². The van der Waals surface area contributed by atoms with E-state index < -0.39 is 0 Å². The third-order valence-electron chi connectivity index (χ3n) is 2.88. The van der Waals surface area contributed by atoms with E-state index in [4.69, 9.17) is 5.73 Å². The summed E-state index contributed by atoms with van der Waals surface area (Å²) in [7, 11) is 0. The number of thiazole rings is 1. The Kier molecular flexibility index (Phi) is 9.28. The second kappa shape index (κ2) is 9.79. The molecule has 7 heteroatoms. The van der Waals surface area contributed by atoms with Crippen molar-refractivity contribution in [1.82, 2.24) is 10.3 Å². The van der Waals surface area contributed by atoms with Crippen LogP contribution in [0.1, 0.15) is 29.4 Å². The number of amides is 1. The fourth-order valence-electron chi connectivity index (χ4n) is 1.80. The number of aromatic nitrogens is 1. The van der Waals surface area contributed by atoms with Gasteiger partial charge in [0.05, 0.1) is 0 Å². The summed E-state index contributed by atoms with van der Waals surface area (Å²) in [6, 6.07) is 7.63. The first-order valence-electron chi connectivity index (χ1n) is 6.62. The number of hydrogen-bond acceptors (Lipinski definition) is 4. The molecule has 0 aliphatic heterocycles. The molecule has 4 nitrogen and oxygen atoms in total. The molecule has 0 spiro atoms. The molecule has 122 valence electrons. The molecule has 1 unspecified atom stereocenters. The SMILES string of the molecule is Cc1csc(-c2cccc(C(=O)NCCC(C)N)c2)n1.Cl.Cl. The minimum Gasteiger partial charge on any atom is -0.352 e. The van der Waals surface area contributed by atoms with E-state index in [2.05, 4.69) is 10.3 Å². The molecule has 1 aromatic carbocycles. The highest BCUT2D eigenvalue weighted by Gasteiger charge is 2.08. The predicted molar refractivity (Wildman–Crippen MR) is 97.4 cm³/mol. The van der Waals surface area contributed by atoms with Gasteiger partial charge in [-0.2, -0.15) is 0 Å². The van der Waals surface area contributed by atoms with E-state index >= 15 is 0 Å². The van der Waals surface area contributed by atoms with Gasteiger partial charge < -0.3 is 11.1 Å². The molecule has 0 fully saturated rings. The molecule has 3 N–H and O–H groups in total. The Morgan fingerprint density at radius 3 is 2.73 bits per heavy atom. The van der Waals surface area contributed by atoms with Crippen LogP contribution in [-0.2, 0) is 0 Å². The first kappa shape index (κ1) is 20.9. The average Bonchev–Trinajstić information content (AvgIpc) is 2.85. The molecule has 1 heterocycles. The van der Waals surface area contributed by atoms with Crippen molar-refractivity contribution in [3.8, 4) is 10.6 Å². The van der Waals surface area contributed by atoms with Gasteiger partial charge in [-0.05, 0) is 32.4 Å². The lowest BCUT2D eigenvalue weighted by Crippen LogP contribution is -2.28. The van der Waals surface area contributed by atoms with Gasteiger partial charge in [0.1, 0.15) is 5.01 Å². The molecular formula is C15H21Cl2N3OS. The van der Waals surface area contributed by atoms with Gasteiger partial charge in [-0.25, -0.2) is 4.98 Å². The van der Waals surface area contributed by atoms with Crippen molar-refractivity contribution in [3.63, 3.8) is 0 Å². The number of aryl methyl sites for hydroxylation is 1. The first-order chi connectivity index (χ1) is 9.56. The Bertz CT molecular complexity index is 602. The van der Waals surface area contributed by atoms with E-state index in [1.807, 2.05) is 43.5 Å². The highest BCUT2D eigenvalue weighted by molar-refractivity contribution is 7.13. The molecule has 0 bridgehead atoms. The molecule has 1 atom stereocenters. The van der Waals surface area contributed by atoms with Gasteiger partial charge in [-0.15, -0.1) is 36.2 Å². The lowest BCUT2D eigenvalue weighted by atomic mass is 10.1. The van der Waals surface area contributed by atoms with Crippen LogP contribution in [0.15, 0.2) is 29.6 Å². The zero-order valence-corrected chi connectivity index (χ0v) is 15.0. The summed E-state index contributed by atoms with van der Waals surface area (Å²) >= 11 is 1.59. The van der Waals surface area contributed by atoms with Crippen molar-refractivity contribution in [2.75, 3.05) is 6.54 Å². The molecule has 0 aliphatic carbocycles. The third kappa shape index (κ3) is 5.93. The average molecular weight is 362 g/mol. The van der Waals surface area contributed by atoms with Crippen molar-refractivity contribution in [2.45, 2.75) is 26.3 Å². The molecule has 0 aliphatic rings. The third-order valence-corrected chi connectivity index (χ3v) is 3.89. The Morgan fingerprint density at radius 1 is 1.41 bits per heavy atom. The Balaban J connectivity index is 0.00000220. The second-order valence-electron chi connectivity index (χ2n) is 4.90. The van der Waals surface area contributed by atoms with E-state index in [9.17, 15) is 4.79 Å². The van der Waals surface area contributed by atoms with Gasteiger partial charge in [-0.3, -0.25) is 4.79 Å². The summed E-state index contributed by atoms with van der Waals surface area (Å²) in [5.41, 5.74) is 8.29. The van der Waals surface area contributed by atoms with Crippen LogP contribution in [0.3, 0.4) is 0 Å². The van der Waals surface area contributed by atoms with Gasteiger partial charge in [0.25, 0.3) is 5.91 Å². The number of nitrogens with one attached hydrogen (secondary N) is 1. The number of nitrogens with zero attached hydrogens (tertiary/aromatic N) is 1. The predicted octanol–water partition coefficient (Wildman–Crippen LogP) is 3.43. The minimum absolute atomic E-state index is 0. The van der Waals surface area contributed by atoms with Crippen molar-refractivity contribution in [2.24, 2.45) is 5.73 Å². The summed E-state index contributed by atoms with van der Waals surface area (Å²) in [5.74, 6) is -0.0687. The summed E-state index contributed by atoms with van der Waals surface area (Å²) in [4.78, 5) is 16.5. The Morgan fingerprint density at radius 2 is 2.14 bits per heavy atom. The molecular weight excluding hydrogens is 341 g/mol. The molecule has 1 amide bonds. The molecule has 0 saturated carbocycles. The minimum atomic E-state index is -0.0687. The summed E-state index contributed by atoms with van der Waals surface area (Å²) in [5, 5.41) is 5.82. The number of hydrogen-bond donors (Lipinski definition) is 2. The van der Waals surface area contributed by atoms with Crippen molar-refractivity contribution in [3.05, 3.63) is 40.9 Å². The summed E-state index contributed by atoms with van der Waals surface area (Å²) in [6.45, 7) is 4.49. The number of rotatable bonds is 5. The quantitative estimate of drug-likeness (QED) is 0.856. The standard InChI is InChI=1S/C15H19N3OS.2ClH/c1-10(16)6-7-17-14(19)12-4-3-5-13(8-12)15-18-11(2)9-20-15;;/h3-5,8-10H,6-7,16H2,1-2H3,(H,17,19);2*1H. The van der Waals surface area contributed by atoms with Crippen molar-refractivity contribution >= 4 is 42.1 Å². The van der Waals surface area contributed by atoms with Gasteiger partial charge in [-0.1, -0.05) is 12.1 Å². The number of carbonyl (C=O) groups is 1. The van der Waals surface area contributed by atoms with Crippen molar-refractivity contribution < 1.29 is 4.79 Å².